The quantitative estimate of drug-likeness (QED) is 0.782. The van der Waals surface area contributed by atoms with Crippen LogP contribution in [0, 0.1) is 6.92 Å². The molecule has 1 amide bonds. The maximum Gasteiger partial charge on any atom is 0.275 e. The first-order valence-electron chi connectivity index (χ1n) is 8.26. The lowest BCUT2D eigenvalue weighted by molar-refractivity contribution is 0.0666. The summed E-state index contributed by atoms with van der Waals surface area (Å²) in [5.74, 6) is 0.491. The molecule has 1 unspecified atom stereocenters. The van der Waals surface area contributed by atoms with Crippen LogP contribution in [0.5, 0.6) is 0 Å². The van der Waals surface area contributed by atoms with Crippen molar-refractivity contribution in [2.45, 2.75) is 38.6 Å². The Labute approximate surface area is 139 Å². The zero-order chi connectivity index (χ0) is 16.5. The normalized spacial score (nSPS) is 18.7. The summed E-state index contributed by atoms with van der Waals surface area (Å²) in [5, 5.41) is 12.1. The molecule has 3 aromatic rings. The summed E-state index contributed by atoms with van der Waals surface area (Å²) >= 11 is 0. The highest BCUT2D eigenvalue weighted by molar-refractivity contribution is 6.04. The summed E-state index contributed by atoms with van der Waals surface area (Å²) in [6, 6.07) is 5.79. The number of aromatic nitrogens is 4. The number of amides is 1. The molecule has 0 aliphatic carbocycles. The summed E-state index contributed by atoms with van der Waals surface area (Å²) in [4.78, 5) is 19.2. The van der Waals surface area contributed by atoms with Gasteiger partial charge in [-0.25, -0.2) is 0 Å². The van der Waals surface area contributed by atoms with Crippen LogP contribution >= 0.6 is 0 Å². The Bertz CT molecular complexity index is 855. The number of rotatable bonds is 2. The molecule has 0 spiro atoms. The minimum absolute atomic E-state index is 0.0800. The first-order chi connectivity index (χ1) is 11.7. The largest absolute Gasteiger partial charge is 0.343 e. The van der Waals surface area contributed by atoms with Gasteiger partial charge in [-0.1, -0.05) is 29.6 Å². The SMILES string of the molecule is Cc1ccc2[nH]nc(C(=O)N3CCCCCC3c3ncon3)c2c1. The Morgan fingerprint density at radius 1 is 1.33 bits per heavy atom. The molecule has 1 aliphatic heterocycles. The van der Waals surface area contributed by atoms with E-state index in [-0.39, 0.29) is 11.9 Å². The maximum absolute atomic E-state index is 13.2. The monoisotopic (exact) mass is 325 g/mol. The predicted molar refractivity (Wildman–Crippen MR) is 87.4 cm³/mol. The Kier molecular flexibility index (Phi) is 3.76. The van der Waals surface area contributed by atoms with Crippen molar-refractivity contribution >= 4 is 16.8 Å². The number of benzene rings is 1. The molecule has 0 bridgehead atoms. The van der Waals surface area contributed by atoms with E-state index in [2.05, 4.69) is 20.3 Å². The highest BCUT2D eigenvalue weighted by Gasteiger charge is 2.32. The number of H-pyrrole nitrogens is 1. The highest BCUT2D eigenvalue weighted by atomic mass is 16.5. The summed E-state index contributed by atoms with van der Waals surface area (Å²) in [5.41, 5.74) is 2.43. The predicted octanol–water partition coefficient (Wildman–Crippen LogP) is 3.01. The third-order valence-electron chi connectivity index (χ3n) is 4.61. The molecular formula is C17H19N5O2. The summed E-state index contributed by atoms with van der Waals surface area (Å²) < 4.78 is 4.89. The van der Waals surface area contributed by atoms with Gasteiger partial charge in [0, 0.05) is 11.9 Å². The van der Waals surface area contributed by atoms with Gasteiger partial charge in [-0.15, -0.1) is 0 Å². The molecule has 2 aromatic heterocycles. The van der Waals surface area contributed by atoms with Gasteiger partial charge in [-0.2, -0.15) is 10.1 Å². The van der Waals surface area contributed by atoms with Crippen molar-refractivity contribution in [2.75, 3.05) is 6.54 Å². The number of nitrogens with zero attached hydrogens (tertiary/aromatic N) is 4. The Morgan fingerprint density at radius 2 is 2.25 bits per heavy atom. The molecular weight excluding hydrogens is 306 g/mol. The van der Waals surface area contributed by atoms with Crippen LogP contribution in [-0.2, 0) is 0 Å². The van der Waals surface area contributed by atoms with Crippen LogP contribution in [-0.4, -0.2) is 37.7 Å². The molecule has 4 rings (SSSR count). The number of nitrogens with one attached hydrogen (secondary N) is 1. The number of fused-ring (bicyclic) bond motifs is 1. The number of carbonyl (C=O) groups excluding carboxylic acids is 1. The van der Waals surface area contributed by atoms with Gasteiger partial charge in [0.2, 0.25) is 6.39 Å². The van der Waals surface area contributed by atoms with E-state index in [4.69, 9.17) is 4.52 Å². The van der Waals surface area contributed by atoms with E-state index < -0.39 is 0 Å². The third-order valence-corrected chi connectivity index (χ3v) is 4.61. The molecule has 1 aromatic carbocycles. The number of carbonyl (C=O) groups is 1. The molecule has 0 radical (unpaired) electrons. The zero-order valence-electron chi connectivity index (χ0n) is 13.5. The third kappa shape index (κ3) is 2.55. The van der Waals surface area contributed by atoms with Gasteiger partial charge in [0.15, 0.2) is 11.5 Å². The average Bonchev–Trinajstić information content (AvgIpc) is 3.19. The van der Waals surface area contributed by atoms with E-state index in [9.17, 15) is 4.79 Å². The van der Waals surface area contributed by atoms with Gasteiger partial charge in [-0.05, 0) is 31.9 Å². The van der Waals surface area contributed by atoms with Gasteiger partial charge in [-0.3, -0.25) is 9.89 Å². The van der Waals surface area contributed by atoms with E-state index >= 15 is 0 Å². The second kappa shape index (κ2) is 6.07. The van der Waals surface area contributed by atoms with E-state index in [0.29, 0.717) is 18.1 Å². The van der Waals surface area contributed by atoms with Crippen molar-refractivity contribution in [2.24, 2.45) is 0 Å². The lowest BCUT2D eigenvalue weighted by atomic mass is 10.1. The van der Waals surface area contributed by atoms with Gasteiger partial charge in [0.05, 0.1) is 11.6 Å². The molecule has 1 aliphatic rings. The molecule has 1 fully saturated rings. The topological polar surface area (TPSA) is 87.9 Å². The van der Waals surface area contributed by atoms with Gasteiger partial charge >= 0.3 is 0 Å². The van der Waals surface area contributed by atoms with Crippen molar-refractivity contribution in [1.82, 2.24) is 25.2 Å². The standard InChI is InChI=1S/C17H19N5O2/c1-11-6-7-13-12(9-11)15(20-19-13)17(23)22-8-4-2-3-5-14(22)16-18-10-24-21-16/h6-7,9-10,14H,2-5,8H2,1H3,(H,19,20). The number of hydrogen-bond acceptors (Lipinski definition) is 5. The van der Waals surface area contributed by atoms with Crippen LogP contribution in [0.4, 0.5) is 0 Å². The molecule has 124 valence electrons. The van der Waals surface area contributed by atoms with Crippen LogP contribution < -0.4 is 0 Å². The summed E-state index contributed by atoms with van der Waals surface area (Å²) in [6.45, 7) is 2.69. The molecule has 1 saturated heterocycles. The number of hydrogen-bond donors (Lipinski definition) is 1. The van der Waals surface area contributed by atoms with Crippen LogP contribution in [0.2, 0.25) is 0 Å². The maximum atomic E-state index is 13.2. The van der Waals surface area contributed by atoms with E-state index in [1.54, 1.807) is 0 Å². The fraction of sp³-hybridized carbons (Fsp3) is 0.412. The lowest BCUT2D eigenvalue weighted by Crippen LogP contribution is -2.35. The van der Waals surface area contributed by atoms with Crippen LogP contribution in [0.1, 0.15) is 53.6 Å². The minimum Gasteiger partial charge on any atom is -0.343 e. The van der Waals surface area contributed by atoms with E-state index in [1.807, 2.05) is 30.0 Å². The van der Waals surface area contributed by atoms with E-state index in [1.165, 1.54) is 6.39 Å². The summed E-state index contributed by atoms with van der Waals surface area (Å²) in [7, 11) is 0. The van der Waals surface area contributed by atoms with Crippen LogP contribution in [0.3, 0.4) is 0 Å². The Hall–Kier alpha value is -2.70. The average molecular weight is 325 g/mol. The van der Waals surface area contributed by atoms with Crippen LogP contribution in [0.15, 0.2) is 29.1 Å². The Morgan fingerprint density at radius 3 is 3.08 bits per heavy atom. The van der Waals surface area contributed by atoms with Gasteiger partial charge in [0.25, 0.3) is 5.91 Å². The second-order valence-electron chi connectivity index (χ2n) is 6.27. The minimum atomic E-state index is -0.157. The molecule has 7 nitrogen and oxygen atoms in total. The first-order valence-corrected chi connectivity index (χ1v) is 8.26. The fourth-order valence-corrected chi connectivity index (χ4v) is 3.37. The van der Waals surface area contributed by atoms with Crippen molar-refractivity contribution in [3.05, 3.63) is 41.7 Å². The van der Waals surface area contributed by atoms with Crippen molar-refractivity contribution in [3.63, 3.8) is 0 Å². The molecule has 3 heterocycles. The van der Waals surface area contributed by atoms with Crippen molar-refractivity contribution in [1.29, 1.82) is 0 Å². The second-order valence-corrected chi connectivity index (χ2v) is 6.27. The molecule has 0 saturated carbocycles. The smallest absolute Gasteiger partial charge is 0.275 e. The first kappa shape index (κ1) is 14.9. The van der Waals surface area contributed by atoms with Gasteiger partial charge in [0.1, 0.15) is 0 Å². The lowest BCUT2D eigenvalue weighted by Gasteiger charge is -2.27. The highest BCUT2D eigenvalue weighted by Crippen LogP contribution is 2.30. The van der Waals surface area contributed by atoms with Crippen LogP contribution in [0.25, 0.3) is 10.9 Å². The fourth-order valence-electron chi connectivity index (χ4n) is 3.37. The Balaban J connectivity index is 1.73. The van der Waals surface area contributed by atoms with E-state index in [0.717, 1.165) is 42.1 Å². The number of aryl methyl sites for hydroxylation is 1. The molecule has 7 heteroatoms. The van der Waals surface area contributed by atoms with Gasteiger partial charge < -0.3 is 9.42 Å². The zero-order valence-corrected chi connectivity index (χ0v) is 13.5. The molecule has 1 atom stereocenters. The van der Waals surface area contributed by atoms with Crippen molar-refractivity contribution < 1.29 is 9.32 Å². The number of likely N-dealkylation sites (tertiary alicyclic amines) is 1. The number of aromatic amines is 1. The summed E-state index contributed by atoms with van der Waals surface area (Å²) in [6.07, 6.45) is 5.27. The molecule has 1 N–H and O–H groups in total. The molecule has 24 heavy (non-hydrogen) atoms. The van der Waals surface area contributed by atoms with Crippen molar-refractivity contribution in [3.8, 4) is 0 Å².